The first-order valence-electron chi connectivity index (χ1n) is 8.19. The molecule has 1 heterocycles. The second-order valence-electron chi connectivity index (χ2n) is 6.77. The van der Waals surface area contributed by atoms with Crippen molar-refractivity contribution in [3.8, 4) is 11.5 Å². The summed E-state index contributed by atoms with van der Waals surface area (Å²) in [4.78, 5) is 24.4. The minimum absolute atomic E-state index is 0.0125. The van der Waals surface area contributed by atoms with Gasteiger partial charge in [0.2, 0.25) is 0 Å². The lowest BCUT2D eigenvalue weighted by Gasteiger charge is -2.31. The molecule has 0 fully saturated rings. The van der Waals surface area contributed by atoms with Crippen molar-refractivity contribution in [2.45, 2.75) is 32.8 Å². The van der Waals surface area contributed by atoms with Gasteiger partial charge in [0.05, 0.1) is 12.0 Å². The van der Waals surface area contributed by atoms with Gasteiger partial charge in [0.15, 0.2) is 12.4 Å². The molecule has 1 aliphatic heterocycles. The Hall–Kier alpha value is -2.82. The van der Waals surface area contributed by atoms with Gasteiger partial charge in [-0.15, -0.1) is 0 Å². The molecule has 0 aromatic heterocycles. The van der Waals surface area contributed by atoms with Crippen LogP contribution in [0.1, 0.15) is 36.2 Å². The Balaban J connectivity index is 1.66. The van der Waals surface area contributed by atoms with Crippen LogP contribution in [0.2, 0.25) is 0 Å². The Morgan fingerprint density at radius 3 is 2.76 bits per heavy atom. The van der Waals surface area contributed by atoms with Gasteiger partial charge in [0, 0.05) is 5.69 Å². The first-order valence-corrected chi connectivity index (χ1v) is 8.19. The Labute approximate surface area is 147 Å². The van der Waals surface area contributed by atoms with E-state index < -0.39 is 5.60 Å². The SMILES string of the molecule is Cc1ccccc1OCC(=O)Nc1ccc2c(c1)C(=O)CC(C)(C)O2. The van der Waals surface area contributed by atoms with Crippen molar-refractivity contribution >= 4 is 17.4 Å². The fourth-order valence-corrected chi connectivity index (χ4v) is 2.79. The fourth-order valence-electron chi connectivity index (χ4n) is 2.79. The fraction of sp³-hybridized carbons (Fsp3) is 0.300. The highest BCUT2D eigenvalue weighted by Gasteiger charge is 2.32. The van der Waals surface area contributed by atoms with E-state index in [9.17, 15) is 9.59 Å². The van der Waals surface area contributed by atoms with Gasteiger partial charge in [-0.25, -0.2) is 0 Å². The highest BCUT2D eigenvalue weighted by molar-refractivity contribution is 6.02. The van der Waals surface area contributed by atoms with Crippen LogP contribution in [0.4, 0.5) is 5.69 Å². The van der Waals surface area contributed by atoms with Crippen molar-refractivity contribution in [2.75, 3.05) is 11.9 Å². The second-order valence-corrected chi connectivity index (χ2v) is 6.77. The zero-order valence-electron chi connectivity index (χ0n) is 14.6. The average molecular weight is 339 g/mol. The normalized spacial score (nSPS) is 15.1. The summed E-state index contributed by atoms with van der Waals surface area (Å²) in [6.07, 6.45) is 0.313. The summed E-state index contributed by atoms with van der Waals surface area (Å²) < 4.78 is 11.3. The van der Waals surface area contributed by atoms with Crippen molar-refractivity contribution in [3.05, 3.63) is 53.6 Å². The van der Waals surface area contributed by atoms with Crippen LogP contribution >= 0.6 is 0 Å². The highest BCUT2D eigenvalue weighted by Crippen LogP contribution is 2.34. The zero-order chi connectivity index (χ0) is 18.0. The number of carbonyl (C=O) groups excluding carboxylic acids is 2. The van der Waals surface area contributed by atoms with E-state index in [1.807, 2.05) is 45.0 Å². The molecular formula is C20H21NO4. The maximum Gasteiger partial charge on any atom is 0.262 e. The lowest BCUT2D eigenvalue weighted by molar-refractivity contribution is -0.118. The van der Waals surface area contributed by atoms with Crippen LogP contribution in [0, 0.1) is 6.92 Å². The maximum absolute atomic E-state index is 12.3. The van der Waals surface area contributed by atoms with Crippen molar-refractivity contribution in [1.29, 1.82) is 0 Å². The van der Waals surface area contributed by atoms with Gasteiger partial charge >= 0.3 is 0 Å². The molecule has 2 aromatic carbocycles. The molecule has 1 aliphatic rings. The molecule has 0 unspecified atom stereocenters. The van der Waals surface area contributed by atoms with E-state index >= 15 is 0 Å². The predicted octanol–water partition coefficient (Wildman–Crippen LogP) is 3.76. The molecule has 3 rings (SSSR count). The Morgan fingerprint density at radius 2 is 2.00 bits per heavy atom. The monoisotopic (exact) mass is 339 g/mol. The third-order valence-corrected chi connectivity index (χ3v) is 3.99. The Kier molecular flexibility index (Phi) is 4.49. The molecule has 0 spiro atoms. The summed E-state index contributed by atoms with van der Waals surface area (Å²) in [6, 6.07) is 12.6. The molecular weight excluding hydrogens is 318 g/mol. The summed E-state index contributed by atoms with van der Waals surface area (Å²) >= 11 is 0. The topological polar surface area (TPSA) is 64.6 Å². The molecule has 130 valence electrons. The molecule has 0 saturated carbocycles. The second kappa shape index (κ2) is 6.59. The number of nitrogens with one attached hydrogen (secondary N) is 1. The minimum atomic E-state index is -0.504. The summed E-state index contributed by atoms with van der Waals surface area (Å²) in [5.74, 6) is 0.954. The molecule has 0 aliphatic carbocycles. The standard InChI is InChI=1S/C20H21NO4/c1-13-6-4-5-7-17(13)24-12-19(23)21-14-8-9-18-15(10-14)16(22)11-20(2,3)25-18/h4-10H,11-12H2,1-3H3,(H,21,23). The summed E-state index contributed by atoms with van der Waals surface area (Å²) in [5, 5.41) is 2.75. The number of hydrogen-bond donors (Lipinski definition) is 1. The largest absolute Gasteiger partial charge is 0.487 e. The molecule has 0 bridgehead atoms. The van der Waals surface area contributed by atoms with E-state index in [1.165, 1.54) is 0 Å². The van der Waals surface area contributed by atoms with Gasteiger partial charge in [0.25, 0.3) is 5.91 Å². The third kappa shape index (κ3) is 3.99. The van der Waals surface area contributed by atoms with Crippen molar-refractivity contribution < 1.29 is 19.1 Å². The van der Waals surface area contributed by atoms with E-state index in [0.29, 0.717) is 29.2 Å². The average Bonchev–Trinajstić information content (AvgIpc) is 2.54. The van der Waals surface area contributed by atoms with Crippen LogP contribution in [0.15, 0.2) is 42.5 Å². The van der Waals surface area contributed by atoms with Crippen LogP contribution in [0.5, 0.6) is 11.5 Å². The quantitative estimate of drug-likeness (QED) is 0.921. The molecule has 1 amide bonds. The molecule has 5 nitrogen and oxygen atoms in total. The number of Topliss-reactive ketones (excluding diaryl/α,β-unsaturated/α-hetero) is 1. The van der Waals surface area contributed by atoms with Crippen molar-refractivity contribution in [2.24, 2.45) is 0 Å². The van der Waals surface area contributed by atoms with E-state index in [2.05, 4.69) is 5.32 Å². The first kappa shape index (κ1) is 17.0. The van der Waals surface area contributed by atoms with Crippen LogP contribution in [-0.2, 0) is 4.79 Å². The number of rotatable bonds is 4. The molecule has 2 aromatic rings. The number of ether oxygens (including phenoxy) is 2. The summed E-state index contributed by atoms with van der Waals surface area (Å²) in [7, 11) is 0. The number of carbonyl (C=O) groups is 2. The van der Waals surface area contributed by atoms with Gasteiger partial charge in [-0.3, -0.25) is 9.59 Å². The number of aryl methyl sites for hydroxylation is 1. The third-order valence-electron chi connectivity index (χ3n) is 3.99. The van der Waals surface area contributed by atoms with E-state index in [-0.39, 0.29) is 18.3 Å². The lowest BCUT2D eigenvalue weighted by Crippen LogP contribution is -2.35. The number of para-hydroxylation sites is 1. The molecule has 5 heteroatoms. The van der Waals surface area contributed by atoms with Gasteiger partial charge in [-0.2, -0.15) is 0 Å². The van der Waals surface area contributed by atoms with Gasteiger partial charge in [-0.1, -0.05) is 18.2 Å². The van der Waals surface area contributed by atoms with Crippen molar-refractivity contribution in [1.82, 2.24) is 0 Å². The van der Waals surface area contributed by atoms with Gasteiger partial charge < -0.3 is 14.8 Å². The van der Waals surface area contributed by atoms with E-state index in [1.54, 1.807) is 18.2 Å². The molecule has 1 N–H and O–H groups in total. The van der Waals surface area contributed by atoms with Crippen LogP contribution in [-0.4, -0.2) is 23.9 Å². The minimum Gasteiger partial charge on any atom is -0.487 e. The Morgan fingerprint density at radius 1 is 1.24 bits per heavy atom. The summed E-state index contributed by atoms with van der Waals surface area (Å²) in [6.45, 7) is 5.59. The van der Waals surface area contributed by atoms with Gasteiger partial charge in [-0.05, 0) is 50.6 Å². The summed E-state index contributed by atoms with van der Waals surface area (Å²) in [5.41, 5.74) is 1.51. The van der Waals surface area contributed by atoms with Crippen LogP contribution in [0.25, 0.3) is 0 Å². The predicted molar refractivity (Wildman–Crippen MR) is 95.4 cm³/mol. The van der Waals surface area contributed by atoms with E-state index in [0.717, 1.165) is 5.56 Å². The zero-order valence-corrected chi connectivity index (χ0v) is 14.6. The van der Waals surface area contributed by atoms with Crippen molar-refractivity contribution in [3.63, 3.8) is 0 Å². The highest BCUT2D eigenvalue weighted by atomic mass is 16.5. The van der Waals surface area contributed by atoms with Crippen LogP contribution < -0.4 is 14.8 Å². The number of amides is 1. The van der Waals surface area contributed by atoms with Crippen LogP contribution in [0.3, 0.4) is 0 Å². The number of benzene rings is 2. The van der Waals surface area contributed by atoms with Gasteiger partial charge in [0.1, 0.15) is 17.1 Å². The number of ketones is 1. The first-order chi connectivity index (χ1) is 11.8. The molecule has 0 atom stereocenters. The van der Waals surface area contributed by atoms with E-state index in [4.69, 9.17) is 9.47 Å². The number of hydrogen-bond acceptors (Lipinski definition) is 4. The Bertz CT molecular complexity index is 826. The number of fused-ring (bicyclic) bond motifs is 1. The maximum atomic E-state index is 12.3. The molecule has 25 heavy (non-hydrogen) atoms. The molecule has 0 radical (unpaired) electrons. The molecule has 0 saturated heterocycles. The number of anilines is 1. The lowest BCUT2D eigenvalue weighted by atomic mass is 9.93. The smallest absolute Gasteiger partial charge is 0.262 e.